The number of benzene rings is 1. The van der Waals surface area contributed by atoms with Gasteiger partial charge in [0.25, 0.3) is 5.91 Å². The first-order valence-electron chi connectivity index (χ1n) is 7.18. The third kappa shape index (κ3) is 3.42. The average Bonchev–Trinajstić information content (AvgIpc) is 2.90. The van der Waals surface area contributed by atoms with E-state index in [-0.39, 0.29) is 12.5 Å². The van der Waals surface area contributed by atoms with E-state index in [1.165, 1.54) is 24.0 Å². The second-order valence-electron chi connectivity index (χ2n) is 5.30. The fourth-order valence-corrected chi connectivity index (χ4v) is 2.55. The lowest BCUT2D eigenvalue weighted by Crippen LogP contribution is -2.20. The summed E-state index contributed by atoms with van der Waals surface area (Å²) in [5.74, 6) is 1.55. The van der Waals surface area contributed by atoms with Crippen molar-refractivity contribution < 1.29 is 14.1 Å². The Hall–Kier alpha value is -2.30. The van der Waals surface area contributed by atoms with Crippen molar-refractivity contribution in [1.29, 1.82) is 0 Å². The minimum Gasteiger partial charge on any atom is -0.484 e. The molecular weight excluding hydrogens is 268 g/mol. The van der Waals surface area contributed by atoms with Crippen LogP contribution in [0.5, 0.6) is 5.75 Å². The molecule has 0 fully saturated rings. The minimum absolute atomic E-state index is 0.0370. The summed E-state index contributed by atoms with van der Waals surface area (Å²) in [6.45, 7) is 1.73. The van der Waals surface area contributed by atoms with Crippen molar-refractivity contribution >= 4 is 11.7 Å². The number of fused-ring (bicyclic) bond motifs is 1. The van der Waals surface area contributed by atoms with Crippen LogP contribution in [0.2, 0.25) is 0 Å². The number of aromatic nitrogens is 1. The molecule has 1 aromatic carbocycles. The number of nitrogens with zero attached hydrogens (tertiary/aromatic N) is 1. The van der Waals surface area contributed by atoms with E-state index in [0.29, 0.717) is 11.6 Å². The van der Waals surface area contributed by atoms with Gasteiger partial charge in [-0.15, -0.1) is 0 Å². The number of hydrogen-bond acceptors (Lipinski definition) is 4. The molecule has 0 unspecified atom stereocenters. The number of nitrogens with one attached hydrogen (secondary N) is 1. The van der Waals surface area contributed by atoms with Gasteiger partial charge in [-0.3, -0.25) is 4.79 Å². The molecule has 1 amide bonds. The molecule has 0 saturated carbocycles. The van der Waals surface area contributed by atoms with Gasteiger partial charge in [-0.25, -0.2) is 0 Å². The second-order valence-corrected chi connectivity index (χ2v) is 5.30. The van der Waals surface area contributed by atoms with Crippen molar-refractivity contribution in [1.82, 2.24) is 5.16 Å². The molecule has 110 valence electrons. The molecule has 3 rings (SSSR count). The van der Waals surface area contributed by atoms with E-state index in [1.807, 2.05) is 12.1 Å². The highest BCUT2D eigenvalue weighted by Gasteiger charge is 2.11. The number of hydrogen-bond donors (Lipinski definition) is 1. The maximum atomic E-state index is 11.8. The SMILES string of the molecule is Cc1cc(NC(=O)COc2ccc3c(c2)CCCC3)no1. The maximum Gasteiger partial charge on any atom is 0.263 e. The largest absolute Gasteiger partial charge is 0.484 e. The second kappa shape index (κ2) is 5.99. The molecule has 0 radical (unpaired) electrons. The lowest BCUT2D eigenvalue weighted by atomic mass is 9.92. The third-order valence-electron chi connectivity index (χ3n) is 3.59. The topological polar surface area (TPSA) is 64.4 Å². The summed E-state index contributed by atoms with van der Waals surface area (Å²) in [6, 6.07) is 7.74. The first-order chi connectivity index (χ1) is 10.2. The monoisotopic (exact) mass is 286 g/mol. The van der Waals surface area contributed by atoms with Crippen LogP contribution in [0.25, 0.3) is 0 Å². The Labute approximate surface area is 123 Å². The standard InChI is InChI=1S/C16H18N2O3/c1-11-8-15(18-21-11)17-16(19)10-20-14-7-6-12-4-2-3-5-13(12)9-14/h6-9H,2-5,10H2,1H3,(H,17,18,19). The van der Waals surface area contributed by atoms with Crippen molar-refractivity contribution in [2.75, 3.05) is 11.9 Å². The van der Waals surface area contributed by atoms with E-state index in [9.17, 15) is 4.79 Å². The van der Waals surface area contributed by atoms with E-state index >= 15 is 0 Å². The molecule has 0 atom stereocenters. The highest BCUT2D eigenvalue weighted by molar-refractivity contribution is 5.90. The van der Waals surface area contributed by atoms with Crippen LogP contribution in [-0.2, 0) is 17.6 Å². The van der Waals surface area contributed by atoms with Gasteiger partial charge in [0, 0.05) is 6.07 Å². The van der Waals surface area contributed by atoms with Crippen molar-refractivity contribution in [3.05, 3.63) is 41.2 Å². The third-order valence-corrected chi connectivity index (χ3v) is 3.59. The molecule has 5 heteroatoms. The number of aryl methyl sites for hydroxylation is 3. The molecule has 1 aliphatic rings. The molecule has 5 nitrogen and oxygen atoms in total. The predicted octanol–water partition coefficient (Wildman–Crippen LogP) is 2.88. The summed E-state index contributed by atoms with van der Waals surface area (Å²) >= 11 is 0. The van der Waals surface area contributed by atoms with E-state index < -0.39 is 0 Å². The van der Waals surface area contributed by atoms with Gasteiger partial charge in [-0.1, -0.05) is 11.2 Å². The number of anilines is 1. The number of rotatable bonds is 4. The van der Waals surface area contributed by atoms with Crippen molar-refractivity contribution in [3.63, 3.8) is 0 Å². The lowest BCUT2D eigenvalue weighted by Gasteiger charge is -2.16. The van der Waals surface area contributed by atoms with Crippen molar-refractivity contribution in [2.24, 2.45) is 0 Å². The Bertz CT molecular complexity index is 649. The molecule has 0 bridgehead atoms. The molecular formula is C16H18N2O3. The molecule has 0 spiro atoms. The van der Waals surface area contributed by atoms with Crippen LogP contribution in [0.1, 0.15) is 29.7 Å². The first-order valence-corrected chi connectivity index (χ1v) is 7.18. The number of carbonyl (C=O) groups excluding carboxylic acids is 1. The molecule has 1 aromatic heterocycles. The zero-order valence-corrected chi connectivity index (χ0v) is 12.0. The molecule has 1 aliphatic carbocycles. The fourth-order valence-electron chi connectivity index (χ4n) is 2.55. The average molecular weight is 286 g/mol. The zero-order valence-electron chi connectivity index (χ0n) is 12.0. The fraction of sp³-hybridized carbons (Fsp3) is 0.375. The van der Waals surface area contributed by atoms with Gasteiger partial charge in [0.15, 0.2) is 12.4 Å². The van der Waals surface area contributed by atoms with Gasteiger partial charge < -0.3 is 14.6 Å². The predicted molar refractivity (Wildman–Crippen MR) is 78.4 cm³/mol. The van der Waals surface area contributed by atoms with Gasteiger partial charge in [0.2, 0.25) is 0 Å². The molecule has 0 aliphatic heterocycles. The van der Waals surface area contributed by atoms with Crippen LogP contribution in [0, 0.1) is 6.92 Å². The Kier molecular flexibility index (Phi) is 3.90. The van der Waals surface area contributed by atoms with Crippen molar-refractivity contribution in [3.8, 4) is 5.75 Å². The van der Waals surface area contributed by atoms with Gasteiger partial charge in [-0.2, -0.15) is 0 Å². The van der Waals surface area contributed by atoms with Crippen LogP contribution in [0.15, 0.2) is 28.8 Å². The number of amides is 1. The maximum absolute atomic E-state index is 11.8. The first kappa shape index (κ1) is 13.7. The summed E-state index contributed by atoms with van der Waals surface area (Å²) in [5.41, 5.74) is 2.74. The Morgan fingerprint density at radius 3 is 2.86 bits per heavy atom. The van der Waals surface area contributed by atoms with Crippen LogP contribution in [0.4, 0.5) is 5.82 Å². The molecule has 21 heavy (non-hydrogen) atoms. The van der Waals surface area contributed by atoms with Gasteiger partial charge in [-0.05, 0) is 55.9 Å². The minimum atomic E-state index is -0.249. The van der Waals surface area contributed by atoms with Crippen LogP contribution >= 0.6 is 0 Å². The van der Waals surface area contributed by atoms with Crippen LogP contribution < -0.4 is 10.1 Å². The van der Waals surface area contributed by atoms with Crippen LogP contribution in [-0.4, -0.2) is 17.7 Å². The van der Waals surface area contributed by atoms with E-state index in [1.54, 1.807) is 13.0 Å². The Balaban J connectivity index is 1.56. The Morgan fingerprint density at radius 2 is 2.10 bits per heavy atom. The van der Waals surface area contributed by atoms with E-state index in [0.717, 1.165) is 18.6 Å². The zero-order chi connectivity index (χ0) is 14.7. The molecule has 1 N–H and O–H groups in total. The molecule has 0 saturated heterocycles. The van der Waals surface area contributed by atoms with Gasteiger partial charge in [0.1, 0.15) is 11.5 Å². The van der Waals surface area contributed by atoms with Crippen LogP contribution in [0.3, 0.4) is 0 Å². The summed E-state index contributed by atoms with van der Waals surface area (Å²) in [7, 11) is 0. The van der Waals surface area contributed by atoms with E-state index in [4.69, 9.17) is 9.26 Å². The Morgan fingerprint density at radius 1 is 1.29 bits per heavy atom. The number of ether oxygens (including phenoxy) is 1. The molecule has 2 aromatic rings. The normalized spacial score (nSPS) is 13.6. The summed E-state index contributed by atoms with van der Waals surface area (Å²) in [6.07, 6.45) is 4.72. The van der Waals surface area contributed by atoms with Crippen molar-refractivity contribution in [2.45, 2.75) is 32.6 Å². The summed E-state index contributed by atoms with van der Waals surface area (Å²) in [4.78, 5) is 11.8. The summed E-state index contributed by atoms with van der Waals surface area (Å²) in [5, 5.41) is 6.33. The van der Waals surface area contributed by atoms with E-state index in [2.05, 4.69) is 16.5 Å². The highest BCUT2D eigenvalue weighted by atomic mass is 16.5. The van der Waals surface area contributed by atoms with Gasteiger partial charge >= 0.3 is 0 Å². The lowest BCUT2D eigenvalue weighted by molar-refractivity contribution is -0.118. The smallest absolute Gasteiger partial charge is 0.263 e. The summed E-state index contributed by atoms with van der Waals surface area (Å²) < 4.78 is 10.4. The highest BCUT2D eigenvalue weighted by Crippen LogP contribution is 2.25. The number of carbonyl (C=O) groups is 1. The quantitative estimate of drug-likeness (QED) is 0.938. The van der Waals surface area contributed by atoms with Gasteiger partial charge in [0.05, 0.1) is 0 Å². The molecule has 1 heterocycles.